The van der Waals surface area contributed by atoms with Crippen LogP contribution in [0.15, 0.2) is 24.5 Å². The van der Waals surface area contributed by atoms with Gasteiger partial charge in [-0.2, -0.15) is 0 Å². The first-order valence-electron chi connectivity index (χ1n) is 15.6. The van der Waals surface area contributed by atoms with Crippen LogP contribution in [-0.4, -0.2) is 65.3 Å². The Morgan fingerprint density at radius 2 is 1.62 bits per heavy atom. The molecule has 1 saturated carbocycles. The number of hydrogen-bond acceptors (Lipinski definition) is 9. The third kappa shape index (κ3) is 7.73. The van der Waals surface area contributed by atoms with Gasteiger partial charge in [0.15, 0.2) is 5.82 Å². The van der Waals surface area contributed by atoms with Gasteiger partial charge in [-0.25, -0.2) is 23.8 Å². The summed E-state index contributed by atoms with van der Waals surface area (Å²) in [6.45, 7) is 12.7. The fourth-order valence-electron chi connectivity index (χ4n) is 5.63. The molecule has 0 bridgehead atoms. The van der Waals surface area contributed by atoms with E-state index in [1.807, 2.05) is 0 Å². The minimum atomic E-state index is -0.855. The molecule has 0 spiro atoms. The van der Waals surface area contributed by atoms with Gasteiger partial charge in [0.1, 0.15) is 23.1 Å². The standard InChI is InChI=1S/C34H42FN5O7/c1-18-23(16-36-25-10-9-11-40(29(18)25)32(43)47-34(5,6)7)22-12-19-13-26(38-30(41)45-21-14-20(15-21)44-8)37-17-24(19)28(27(22)35)39-31(42)46-33(2,3)4/h12-13,16-17,20-21H,9-11,14-15H2,1-8H3,(H,39,42)(H,37,38,41)/t20-,21-. The highest BCUT2D eigenvalue weighted by molar-refractivity contribution is 6.04. The van der Waals surface area contributed by atoms with Gasteiger partial charge in [0.2, 0.25) is 0 Å². The molecule has 2 N–H and O–H groups in total. The van der Waals surface area contributed by atoms with Crippen LogP contribution >= 0.6 is 0 Å². The Morgan fingerprint density at radius 1 is 0.915 bits per heavy atom. The van der Waals surface area contributed by atoms with Crippen molar-refractivity contribution in [2.24, 2.45) is 0 Å². The Kier molecular flexibility index (Phi) is 9.31. The fourth-order valence-corrected chi connectivity index (χ4v) is 5.63. The van der Waals surface area contributed by atoms with Crippen LogP contribution in [0.2, 0.25) is 0 Å². The Morgan fingerprint density at radius 3 is 2.28 bits per heavy atom. The molecule has 12 nitrogen and oxygen atoms in total. The van der Waals surface area contributed by atoms with Gasteiger partial charge in [0, 0.05) is 55.4 Å². The first-order chi connectivity index (χ1) is 22.0. The number of carbonyl (C=O) groups is 3. The second-order valence-electron chi connectivity index (χ2n) is 13.8. The molecular weight excluding hydrogens is 609 g/mol. The molecule has 0 atom stereocenters. The number of halogens is 1. The van der Waals surface area contributed by atoms with Crippen LogP contribution < -0.4 is 15.5 Å². The molecule has 0 saturated heterocycles. The summed E-state index contributed by atoms with van der Waals surface area (Å²) < 4.78 is 38.4. The number of methoxy groups -OCH3 is 1. The molecule has 2 aliphatic rings. The van der Waals surface area contributed by atoms with Crippen molar-refractivity contribution in [3.63, 3.8) is 0 Å². The van der Waals surface area contributed by atoms with E-state index in [0.717, 1.165) is 0 Å². The van der Waals surface area contributed by atoms with Crippen LogP contribution in [0.5, 0.6) is 0 Å². The van der Waals surface area contributed by atoms with Crippen molar-refractivity contribution in [3.8, 4) is 11.1 Å². The van der Waals surface area contributed by atoms with Crippen molar-refractivity contribution in [1.82, 2.24) is 9.97 Å². The summed E-state index contributed by atoms with van der Waals surface area (Å²) in [4.78, 5) is 49.2. The zero-order valence-electron chi connectivity index (χ0n) is 28.1. The maximum atomic E-state index is 16.6. The van der Waals surface area contributed by atoms with Crippen molar-refractivity contribution in [2.75, 3.05) is 29.2 Å². The monoisotopic (exact) mass is 651 g/mol. The van der Waals surface area contributed by atoms with Crippen LogP contribution in [0.4, 0.5) is 36.0 Å². The molecule has 1 aliphatic carbocycles. The number of carbonyl (C=O) groups excluding carboxylic acids is 3. The van der Waals surface area contributed by atoms with E-state index in [-0.39, 0.29) is 34.7 Å². The topological polar surface area (TPSA) is 141 Å². The molecule has 1 fully saturated rings. The molecule has 1 aromatic carbocycles. The summed E-state index contributed by atoms with van der Waals surface area (Å²) in [5.74, 6) is -0.574. The minimum Gasteiger partial charge on any atom is -0.446 e. The van der Waals surface area contributed by atoms with Gasteiger partial charge in [-0.1, -0.05) is 0 Å². The van der Waals surface area contributed by atoms with Crippen LogP contribution in [0.3, 0.4) is 0 Å². The number of ether oxygens (including phenoxy) is 4. The number of amides is 3. The highest BCUT2D eigenvalue weighted by Gasteiger charge is 2.33. The molecule has 0 radical (unpaired) electrons. The predicted octanol–water partition coefficient (Wildman–Crippen LogP) is 7.50. The largest absolute Gasteiger partial charge is 0.446 e. The lowest BCUT2D eigenvalue weighted by Gasteiger charge is -2.33. The van der Waals surface area contributed by atoms with Crippen LogP contribution in [-0.2, 0) is 25.4 Å². The van der Waals surface area contributed by atoms with Crippen molar-refractivity contribution >= 4 is 46.2 Å². The maximum absolute atomic E-state index is 16.6. The van der Waals surface area contributed by atoms with Crippen molar-refractivity contribution in [2.45, 2.75) is 97.6 Å². The molecule has 3 amide bonds. The fraction of sp³-hybridized carbons (Fsp3) is 0.500. The summed E-state index contributed by atoms with van der Waals surface area (Å²) in [5, 5.41) is 5.93. The first-order valence-corrected chi connectivity index (χ1v) is 15.6. The van der Waals surface area contributed by atoms with E-state index in [2.05, 4.69) is 20.6 Å². The zero-order chi connectivity index (χ0) is 34.3. The van der Waals surface area contributed by atoms with Gasteiger partial charge < -0.3 is 18.9 Å². The maximum Gasteiger partial charge on any atom is 0.414 e. The van der Waals surface area contributed by atoms with Crippen molar-refractivity contribution < 1.29 is 37.7 Å². The summed E-state index contributed by atoms with van der Waals surface area (Å²) in [5.41, 5.74) is 0.709. The predicted molar refractivity (Wildman–Crippen MR) is 175 cm³/mol. The SMILES string of the molecule is CO[C@H]1C[C@H](OC(=O)Nc2cc3cc(-c4cnc5c(c4C)N(C(=O)OC(C)(C)C)CCC5)c(F)c(NC(=O)OC(C)(C)C)c3cn2)C1. The Bertz CT molecular complexity index is 1710. The molecule has 3 aromatic rings. The van der Waals surface area contributed by atoms with Crippen molar-refractivity contribution in [3.05, 3.63) is 41.6 Å². The van der Waals surface area contributed by atoms with E-state index < -0.39 is 35.3 Å². The normalized spacial score (nSPS) is 17.8. The number of hydrogen-bond donors (Lipinski definition) is 2. The molecule has 1 aliphatic heterocycles. The van der Waals surface area contributed by atoms with E-state index >= 15 is 4.39 Å². The first kappa shape index (κ1) is 33.8. The molecule has 0 unspecified atom stereocenters. The lowest BCUT2D eigenvalue weighted by Crippen LogP contribution is -2.40. The molecule has 2 aromatic heterocycles. The van der Waals surface area contributed by atoms with Crippen LogP contribution in [0.1, 0.15) is 72.1 Å². The van der Waals surface area contributed by atoms with Gasteiger partial charge >= 0.3 is 18.3 Å². The summed E-state index contributed by atoms with van der Waals surface area (Å²) in [6.07, 6.45) is 3.24. The summed E-state index contributed by atoms with van der Waals surface area (Å²) >= 11 is 0. The van der Waals surface area contributed by atoms with E-state index in [1.54, 1.807) is 78.8 Å². The molecule has 13 heteroatoms. The molecule has 3 heterocycles. The summed E-state index contributed by atoms with van der Waals surface area (Å²) in [7, 11) is 1.61. The molecule has 47 heavy (non-hydrogen) atoms. The van der Waals surface area contributed by atoms with Gasteiger partial charge in [0.25, 0.3) is 0 Å². The zero-order valence-corrected chi connectivity index (χ0v) is 28.1. The number of aromatic nitrogens is 2. The van der Waals surface area contributed by atoms with Gasteiger partial charge in [-0.05, 0) is 84.4 Å². The van der Waals surface area contributed by atoms with Gasteiger partial charge in [-0.15, -0.1) is 0 Å². The number of anilines is 3. The molecule has 252 valence electrons. The number of benzene rings is 1. The Balaban J connectivity index is 1.57. The van der Waals surface area contributed by atoms with E-state index in [0.29, 0.717) is 60.1 Å². The van der Waals surface area contributed by atoms with E-state index in [4.69, 9.17) is 18.9 Å². The number of rotatable bonds is 5. The number of nitrogens with one attached hydrogen (secondary N) is 2. The number of aryl methyl sites for hydroxylation is 1. The second kappa shape index (κ2) is 12.9. The van der Waals surface area contributed by atoms with Crippen LogP contribution in [0.25, 0.3) is 21.9 Å². The Hall–Kier alpha value is -4.52. The lowest BCUT2D eigenvalue weighted by atomic mass is 9.92. The second-order valence-corrected chi connectivity index (χ2v) is 13.8. The Labute approximate surface area is 273 Å². The van der Waals surface area contributed by atoms with E-state index in [1.165, 1.54) is 6.20 Å². The van der Waals surface area contributed by atoms with Crippen LogP contribution in [0, 0.1) is 12.7 Å². The lowest BCUT2D eigenvalue weighted by molar-refractivity contribution is -0.0532. The minimum absolute atomic E-state index is 0.0635. The average molecular weight is 652 g/mol. The highest BCUT2D eigenvalue weighted by atomic mass is 19.1. The summed E-state index contributed by atoms with van der Waals surface area (Å²) in [6, 6.07) is 3.15. The number of fused-ring (bicyclic) bond motifs is 2. The average Bonchev–Trinajstić information content (AvgIpc) is 2.94. The third-order valence-corrected chi connectivity index (χ3v) is 7.83. The van der Waals surface area contributed by atoms with Gasteiger partial charge in [-0.3, -0.25) is 20.5 Å². The number of pyridine rings is 2. The smallest absolute Gasteiger partial charge is 0.414 e. The molecule has 5 rings (SSSR count). The van der Waals surface area contributed by atoms with Gasteiger partial charge in [0.05, 0.1) is 23.2 Å². The quantitative estimate of drug-likeness (QED) is 0.268. The van der Waals surface area contributed by atoms with Crippen molar-refractivity contribution in [1.29, 1.82) is 0 Å². The van der Waals surface area contributed by atoms with E-state index in [9.17, 15) is 14.4 Å². The number of nitrogens with zero attached hydrogens (tertiary/aromatic N) is 3. The molecular formula is C34H42FN5O7. The third-order valence-electron chi connectivity index (χ3n) is 7.83. The highest BCUT2D eigenvalue weighted by Crippen LogP contribution is 2.41.